The molecule has 20 heavy (non-hydrogen) atoms. The molecule has 1 aliphatic carbocycles. The van der Waals surface area contributed by atoms with Crippen LogP contribution in [0.1, 0.15) is 28.0 Å². The molecule has 5 heteroatoms. The first kappa shape index (κ1) is 12.7. The number of ether oxygens (including phenoxy) is 1. The van der Waals surface area contributed by atoms with E-state index < -0.39 is 0 Å². The van der Waals surface area contributed by atoms with E-state index in [1.165, 1.54) is 5.56 Å². The lowest BCUT2D eigenvalue weighted by Crippen LogP contribution is -2.38. The fourth-order valence-electron chi connectivity index (χ4n) is 2.54. The number of nitrogens with one attached hydrogen (secondary N) is 2. The molecule has 0 saturated heterocycles. The lowest BCUT2D eigenvalue weighted by molar-refractivity contribution is 0.0933. The predicted molar refractivity (Wildman–Crippen MR) is 74.9 cm³/mol. The normalized spacial score (nSPS) is 17.4. The molecular weight excluding hydrogens is 254 g/mol. The van der Waals surface area contributed by atoms with Crippen LogP contribution >= 0.6 is 0 Å². The average molecular weight is 271 g/mol. The Morgan fingerprint density at radius 3 is 2.95 bits per heavy atom. The number of aromatic nitrogens is 2. The minimum atomic E-state index is -0.0411. The number of aryl methyl sites for hydroxylation is 1. The molecule has 2 N–H and O–H groups in total. The minimum absolute atomic E-state index is 0.0411. The Hall–Kier alpha value is -2.30. The summed E-state index contributed by atoms with van der Waals surface area (Å²) in [4.78, 5) is 12.2. The first-order valence-electron chi connectivity index (χ1n) is 6.72. The van der Waals surface area contributed by atoms with Crippen molar-refractivity contribution >= 4 is 5.91 Å². The van der Waals surface area contributed by atoms with Crippen LogP contribution in [0.2, 0.25) is 0 Å². The zero-order chi connectivity index (χ0) is 13.9. The summed E-state index contributed by atoms with van der Waals surface area (Å²) in [5.74, 6) is 0.710. The Labute approximate surface area is 117 Å². The van der Waals surface area contributed by atoms with Crippen molar-refractivity contribution in [3.63, 3.8) is 0 Å². The summed E-state index contributed by atoms with van der Waals surface area (Å²) in [6.45, 7) is 0. The largest absolute Gasteiger partial charge is 0.497 e. The first-order chi connectivity index (χ1) is 9.76. The number of methoxy groups -OCH3 is 1. The summed E-state index contributed by atoms with van der Waals surface area (Å²) in [7, 11) is 1.61. The zero-order valence-electron chi connectivity index (χ0n) is 11.3. The Kier molecular flexibility index (Phi) is 3.41. The van der Waals surface area contributed by atoms with Crippen molar-refractivity contribution in [3.05, 3.63) is 47.3 Å². The molecule has 1 heterocycles. The van der Waals surface area contributed by atoms with Crippen LogP contribution in [0.4, 0.5) is 0 Å². The summed E-state index contributed by atoms with van der Waals surface area (Å²) in [5.41, 5.74) is 3.05. The van der Waals surface area contributed by atoms with Gasteiger partial charge in [0, 0.05) is 23.7 Å². The lowest BCUT2D eigenvalue weighted by atomic mass is 9.93. The van der Waals surface area contributed by atoms with Gasteiger partial charge in [-0.1, -0.05) is 0 Å². The standard InChI is InChI=1S/C15H17N3O2/c1-20-13-6-3-10(4-7-13)15(19)17-12-5-2-11-9-16-18-14(11)8-12/h3-4,6-7,9,12H,2,5,8H2,1H3,(H,16,18)(H,17,19). The summed E-state index contributed by atoms with van der Waals surface area (Å²) >= 11 is 0. The van der Waals surface area contributed by atoms with E-state index in [2.05, 4.69) is 15.5 Å². The molecule has 0 aliphatic heterocycles. The number of hydrogen-bond donors (Lipinski definition) is 2. The van der Waals surface area contributed by atoms with Gasteiger partial charge in [0.05, 0.1) is 13.3 Å². The molecule has 5 nitrogen and oxygen atoms in total. The monoisotopic (exact) mass is 271 g/mol. The molecule has 0 spiro atoms. The van der Waals surface area contributed by atoms with Crippen molar-refractivity contribution in [3.8, 4) is 5.75 Å². The van der Waals surface area contributed by atoms with Gasteiger partial charge in [0.1, 0.15) is 5.75 Å². The third kappa shape index (κ3) is 2.52. The summed E-state index contributed by atoms with van der Waals surface area (Å²) < 4.78 is 5.09. The number of aromatic amines is 1. The van der Waals surface area contributed by atoms with Crippen LogP contribution in [0, 0.1) is 0 Å². The van der Waals surface area contributed by atoms with Gasteiger partial charge in [0.15, 0.2) is 0 Å². The van der Waals surface area contributed by atoms with Gasteiger partial charge in [-0.25, -0.2) is 0 Å². The average Bonchev–Trinajstić information content (AvgIpc) is 2.95. The highest BCUT2D eigenvalue weighted by Gasteiger charge is 2.21. The highest BCUT2D eigenvalue weighted by molar-refractivity contribution is 5.94. The van der Waals surface area contributed by atoms with Crippen molar-refractivity contribution in [1.82, 2.24) is 15.5 Å². The number of fused-ring (bicyclic) bond motifs is 1. The first-order valence-corrected chi connectivity index (χ1v) is 6.72. The van der Waals surface area contributed by atoms with E-state index in [-0.39, 0.29) is 11.9 Å². The van der Waals surface area contributed by atoms with E-state index in [0.717, 1.165) is 30.7 Å². The predicted octanol–water partition coefficient (Wildman–Crippen LogP) is 1.71. The summed E-state index contributed by atoms with van der Waals surface area (Å²) in [6, 6.07) is 7.31. The molecule has 1 aromatic heterocycles. The van der Waals surface area contributed by atoms with Crippen LogP contribution in [0.3, 0.4) is 0 Å². The maximum Gasteiger partial charge on any atom is 0.251 e. The van der Waals surface area contributed by atoms with Crippen molar-refractivity contribution < 1.29 is 9.53 Å². The number of nitrogens with zero attached hydrogens (tertiary/aromatic N) is 1. The Morgan fingerprint density at radius 1 is 1.40 bits per heavy atom. The SMILES string of the molecule is COc1ccc(C(=O)NC2CCc3cn[nH]c3C2)cc1. The van der Waals surface area contributed by atoms with E-state index in [4.69, 9.17) is 4.74 Å². The van der Waals surface area contributed by atoms with E-state index in [0.29, 0.717) is 5.56 Å². The van der Waals surface area contributed by atoms with E-state index in [1.54, 1.807) is 31.4 Å². The van der Waals surface area contributed by atoms with Crippen LogP contribution < -0.4 is 10.1 Å². The number of benzene rings is 1. The second-order valence-electron chi connectivity index (χ2n) is 5.02. The van der Waals surface area contributed by atoms with Crippen LogP contribution in [0.5, 0.6) is 5.75 Å². The Balaban J connectivity index is 1.64. The minimum Gasteiger partial charge on any atom is -0.497 e. The van der Waals surface area contributed by atoms with E-state index >= 15 is 0 Å². The molecule has 1 atom stereocenters. The molecule has 0 radical (unpaired) electrons. The Bertz CT molecular complexity index is 604. The smallest absolute Gasteiger partial charge is 0.251 e. The highest BCUT2D eigenvalue weighted by Crippen LogP contribution is 2.19. The van der Waals surface area contributed by atoms with Crippen molar-refractivity contribution in [1.29, 1.82) is 0 Å². The fraction of sp³-hybridized carbons (Fsp3) is 0.333. The molecular formula is C15H17N3O2. The summed E-state index contributed by atoms with van der Waals surface area (Å²) in [6.07, 6.45) is 4.60. The molecule has 3 rings (SSSR count). The van der Waals surface area contributed by atoms with Crippen molar-refractivity contribution in [2.75, 3.05) is 7.11 Å². The molecule has 0 bridgehead atoms. The second-order valence-corrected chi connectivity index (χ2v) is 5.02. The summed E-state index contributed by atoms with van der Waals surface area (Å²) in [5, 5.41) is 10.1. The number of carbonyl (C=O) groups excluding carboxylic acids is 1. The number of H-pyrrole nitrogens is 1. The van der Waals surface area contributed by atoms with E-state index in [9.17, 15) is 4.79 Å². The van der Waals surface area contributed by atoms with E-state index in [1.807, 2.05) is 6.20 Å². The lowest BCUT2D eigenvalue weighted by Gasteiger charge is -2.22. The third-order valence-corrected chi connectivity index (χ3v) is 3.71. The third-order valence-electron chi connectivity index (χ3n) is 3.71. The van der Waals surface area contributed by atoms with Gasteiger partial charge in [-0.2, -0.15) is 5.10 Å². The van der Waals surface area contributed by atoms with Gasteiger partial charge in [-0.15, -0.1) is 0 Å². The second kappa shape index (κ2) is 5.36. The van der Waals surface area contributed by atoms with Crippen LogP contribution in [0.15, 0.2) is 30.5 Å². The molecule has 2 aromatic rings. The maximum absolute atomic E-state index is 12.2. The quantitative estimate of drug-likeness (QED) is 0.893. The molecule has 1 aliphatic rings. The van der Waals surface area contributed by atoms with Gasteiger partial charge in [0.2, 0.25) is 0 Å². The molecule has 0 fully saturated rings. The molecule has 0 saturated carbocycles. The van der Waals surface area contributed by atoms with Gasteiger partial charge < -0.3 is 10.1 Å². The molecule has 1 aromatic carbocycles. The highest BCUT2D eigenvalue weighted by atomic mass is 16.5. The van der Waals surface area contributed by atoms with Gasteiger partial charge in [0.25, 0.3) is 5.91 Å². The number of amides is 1. The van der Waals surface area contributed by atoms with Gasteiger partial charge in [-0.05, 0) is 42.7 Å². The van der Waals surface area contributed by atoms with Gasteiger partial charge >= 0.3 is 0 Å². The molecule has 1 unspecified atom stereocenters. The Morgan fingerprint density at radius 2 is 2.20 bits per heavy atom. The zero-order valence-corrected chi connectivity index (χ0v) is 11.3. The van der Waals surface area contributed by atoms with Crippen LogP contribution in [-0.4, -0.2) is 29.3 Å². The number of carbonyl (C=O) groups is 1. The number of hydrogen-bond acceptors (Lipinski definition) is 3. The molecule has 104 valence electrons. The molecule has 1 amide bonds. The van der Waals surface area contributed by atoms with Crippen molar-refractivity contribution in [2.45, 2.75) is 25.3 Å². The van der Waals surface area contributed by atoms with Crippen LogP contribution in [-0.2, 0) is 12.8 Å². The van der Waals surface area contributed by atoms with Crippen LogP contribution in [0.25, 0.3) is 0 Å². The number of rotatable bonds is 3. The topological polar surface area (TPSA) is 67.0 Å². The fourth-order valence-corrected chi connectivity index (χ4v) is 2.54. The maximum atomic E-state index is 12.2. The van der Waals surface area contributed by atoms with Crippen molar-refractivity contribution in [2.24, 2.45) is 0 Å². The van der Waals surface area contributed by atoms with Gasteiger partial charge in [-0.3, -0.25) is 9.89 Å².